The van der Waals surface area contributed by atoms with E-state index in [9.17, 15) is 31.1 Å². The molecule has 0 aliphatic rings. The van der Waals surface area contributed by atoms with Crippen molar-refractivity contribution in [3.63, 3.8) is 0 Å². The Kier molecular flexibility index (Phi) is 5.31. The molecule has 3 nitrogen and oxygen atoms in total. The first kappa shape index (κ1) is 18.1. The lowest BCUT2D eigenvalue weighted by molar-refractivity contribution is -0.143. The minimum Gasteiger partial charge on any atom is -0.449 e. The van der Waals surface area contributed by atoms with Crippen LogP contribution in [0.4, 0.5) is 36.8 Å². The van der Waals surface area contributed by atoms with Gasteiger partial charge in [-0.3, -0.25) is 4.90 Å². The molecule has 0 spiro atoms. The average molecular weight is 328 g/mol. The lowest BCUT2D eigenvalue weighted by Crippen LogP contribution is -2.32. The molecule has 22 heavy (non-hydrogen) atoms. The average Bonchev–Trinajstić information content (AvgIpc) is 2.37. The molecule has 1 amide bonds. The van der Waals surface area contributed by atoms with Crippen molar-refractivity contribution in [1.29, 1.82) is 0 Å². The molecule has 123 valence electrons. The van der Waals surface area contributed by atoms with E-state index < -0.39 is 41.8 Å². The SMILES string of the molecule is [CH2]CN(C(=O)OCC)c1cc(C(F)(F)F)cc(C(F)(F)F)c1. The lowest BCUT2D eigenvalue weighted by Gasteiger charge is -2.22. The minimum atomic E-state index is -4.99. The van der Waals surface area contributed by atoms with E-state index in [0.717, 1.165) is 0 Å². The molecule has 0 unspecified atom stereocenters. The van der Waals surface area contributed by atoms with Crippen LogP contribution in [0.1, 0.15) is 18.1 Å². The lowest BCUT2D eigenvalue weighted by atomic mass is 10.1. The highest BCUT2D eigenvalue weighted by molar-refractivity contribution is 5.88. The Labute approximate surface area is 122 Å². The molecule has 0 saturated carbocycles. The van der Waals surface area contributed by atoms with Gasteiger partial charge in [0, 0.05) is 12.2 Å². The molecule has 1 rings (SSSR count). The number of hydrogen-bond donors (Lipinski definition) is 0. The summed E-state index contributed by atoms with van der Waals surface area (Å²) >= 11 is 0. The van der Waals surface area contributed by atoms with Crippen molar-refractivity contribution in [3.8, 4) is 0 Å². The zero-order valence-electron chi connectivity index (χ0n) is 11.4. The van der Waals surface area contributed by atoms with Gasteiger partial charge in [0.15, 0.2) is 0 Å². The summed E-state index contributed by atoms with van der Waals surface area (Å²) in [7, 11) is 0. The number of alkyl halides is 6. The van der Waals surface area contributed by atoms with Gasteiger partial charge in [0.25, 0.3) is 0 Å². The van der Waals surface area contributed by atoms with Crippen molar-refractivity contribution in [3.05, 3.63) is 36.2 Å². The Hall–Kier alpha value is -1.93. The maximum absolute atomic E-state index is 12.7. The Bertz CT molecular complexity index is 506. The van der Waals surface area contributed by atoms with Crippen molar-refractivity contribution in [2.45, 2.75) is 19.3 Å². The van der Waals surface area contributed by atoms with Gasteiger partial charge in [-0.25, -0.2) is 4.79 Å². The first-order chi connectivity index (χ1) is 10.0. The molecule has 0 saturated heterocycles. The summed E-state index contributed by atoms with van der Waals surface area (Å²) < 4.78 is 81.0. The first-order valence-electron chi connectivity index (χ1n) is 6.03. The first-order valence-corrected chi connectivity index (χ1v) is 6.03. The van der Waals surface area contributed by atoms with Gasteiger partial charge in [-0.05, 0) is 32.0 Å². The van der Waals surface area contributed by atoms with Crippen molar-refractivity contribution in [1.82, 2.24) is 0 Å². The normalized spacial score (nSPS) is 12.2. The molecule has 0 fully saturated rings. The van der Waals surface area contributed by atoms with Crippen molar-refractivity contribution in [2.24, 2.45) is 0 Å². The van der Waals surface area contributed by atoms with Gasteiger partial charge in [0.05, 0.1) is 17.7 Å². The van der Waals surface area contributed by atoms with Crippen molar-refractivity contribution >= 4 is 11.8 Å². The van der Waals surface area contributed by atoms with E-state index in [1.807, 2.05) is 0 Å². The zero-order valence-corrected chi connectivity index (χ0v) is 11.4. The summed E-state index contributed by atoms with van der Waals surface area (Å²) in [5.41, 5.74) is -3.62. The fourth-order valence-corrected chi connectivity index (χ4v) is 1.62. The molecule has 0 bridgehead atoms. The number of benzene rings is 1. The second-order valence-corrected chi connectivity index (χ2v) is 4.11. The van der Waals surface area contributed by atoms with Crippen LogP contribution in [0.5, 0.6) is 0 Å². The number of halogens is 6. The molecule has 0 heterocycles. The summed E-state index contributed by atoms with van der Waals surface area (Å²) in [6.45, 7) is 4.29. The van der Waals surface area contributed by atoms with Crippen molar-refractivity contribution < 1.29 is 35.9 Å². The third-order valence-electron chi connectivity index (χ3n) is 2.60. The molecule has 0 aromatic heterocycles. The second kappa shape index (κ2) is 6.45. The fourth-order valence-electron chi connectivity index (χ4n) is 1.62. The van der Waals surface area contributed by atoms with Crippen LogP contribution in [0.25, 0.3) is 0 Å². The third-order valence-corrected chi connectivity index (χ3v) is 2.60. The largest absolute Gasteiger partial charge is 0.449 e. The monoisotopic (exact) mass is 328 g/mol. The highest BCUT2D eigenvalue weighted by Gasteiger charge is 2.37. The highest BCUT2D eigenvalue weighted by atomic mass is 19.4. The number of carbonyl (C=O) groups excluding carboxylic acids is 1. The predicted octanol–water partition coefficient (Wildman–Crippen LogP) is 4.52. The molecule has 0 aliphatic heterocycles. The summed E-state index contributed by atoms with van der Waals surface area (Å²) in [4.78, 5) is 12.2. The van der Waals surface area contributed by atoms with Gasteiger partial charge >= 0.3 is 18.4 Å². The zero-order chi connectivity index (χ0) is 17.1. The van der Waals surface area contributed by atoms with Crippen LogP contribution in [-0.2, 0) is 17.1 Å². The quantitative estimate of drug-likeness (QED) is 0.764. The van der Waals surface area contributed by atoms with Gasteiger partial charge in [-0.1, -0.05) is 0 Å². The standard InChI is InChI=1S/C13H12F6NO2/c1-3-20(11(21)22-4-2)10-6-8(12(14,15)16)5-9(7-10)13(17,18)19/h5-7H,1,3-4H2,2H3. The molecule has 0 atom stereocenters. The number of rotatable bonds is 3. The van der Waals surface area contributed by atoms with Crippen LogP contribution < -0.4 is 4.90 Å². The Morgan fingerprint density at radius 1 is 1.09 bits per heavy atom. The van der Waals surface area contributed by atoms with Crippen molar-refractivity contribution in [2.75, 3.05) is 18.1 Å². The van der Waals surface area contributed by atoms with E-state index in [1.165, 1.54) is 6.92 Å². The third kappa shape index (κ3) is 4.28. The number of amides is 1. The number of nitrogens with zero attached hydrogens (tertiary/aromatic N) is 1. The molecule has 0 aliphatic carbocycles. The van der Waals surface area contributed by atoms with E-state index in [1.54, 1.807) is 0 Å². The van der Waals surface area contributed by atoms with Gasteiger partial charge < -0.3 is 4.74 Å². The Morgan fingerprint density at radius 2 is 1.55 bits per heavy atom. The topological polar surface area (TPSA) is 29.5 Å². The van der Waals surface area contributed by atoms with E-state index >= 15 is 0 Å². The van der Waals surface area contributed by atoms with E-state index in [4.69, 9.17) is 0 Å². The molecule has 1 aromatic carbocycles. The fraction of sp³-hybridized carbons (Fsp3) is 0.385. The van der Waals surface area contributed by atoms with E-state index in [2.05, 4.69) is 11.7 Å². The molecular weight excluding hydrogens is 316 g/mol. The minimum absolute atomic E-state index is 0.0179. The number of carbonyl (C=O) groups is 1. The summed E-state index contributed by atoms with van der Waals surface area (Å²) in [6, 6.07) is 0.866. The second-order valence-electron chi connectivity index (χ2n) is 4.11. The van der Waals surface area contributed by atoms with Crippen LogP contribution in [0.15, 0.2) is 18.2 Å². The van der Waals surface area contributed by atoms with Crippen LogP contribution in [-0.4, -0.2) is 19.2 Å². The van der Waals surface area contributed by atoms with Gasteiger partial charge in [-0.2, -0.15) is 26.3 Å². The summed E-state index contributed by atoms with van der Waals surface area (Å²) in [5.74, 6) is 0. The summed E-state index contributed by atoms with van der Waals surface area (Å²) in [6.07, 6.45) is -11.1. The molecule has 0 N–H and O–H groups in total. The number of anilines is 1. The molecular formula is C13H12F6NO2. The number of hydrogen-bond acceptors (Lipinski definition) is 2. The molecule has 1 radical (unpaired) electrons. The molecule has 9 heteroatoms. The predicted molar refractivity (Wildman–Crippen MR) is 66.2 cm³/mol. The summed E-state index contributed by atoms with van der Waals surface area (Å²) in [5, 5.41) is 0. The Balaban J connectivity index is 3.42. The van der Waals surface area contributed by atoms with Crippen LogP contribution >= 0.6 is 0 Å². The van der Waals surface area contributed by atoms with Crippen LogP contribution in [0.3, 0.4) is 0 Å². The van der Waals surface area contributed by atoms with E-state index in [0.29, 0.717) is 17.0 Å². The molecule has 1 aromatic rings. The maximum Gasteiger partial charge on any atom is 0.416 e. The van der Waals surface area contributed by atoms with Gasteiger partial charge in [0.1, 0.15) is 0 Å². The number of ether oxygens (including phenoxy) is 1. The van der Waals surface area contributed by atoms with Gasteiger partial charge in [-0.15, -0.1) is 0 Å². The van der Waals surface area contributed by atoms with Crippen LogP contribution in [0.2, 0.25) is 0 Å². The smallest absolute Gasteiger partial charge is 0.416 e. The Morgan fingerprint density at radius 3 is 1.86 bits per heavy atom. The maximum atomic E-state index is 12.7. The van der Waals surface area contributed by atoms with Gasteiger partial charge in [0.2, 0.25) is 0 Å². The van der Waals surface area contributed by atoms with E-state index in [-0.39, 0.29) is 12.7 Å². The highest BCUT2D eigenvalue weighted by Crippen LogP contribution is 2.38. The van der Waals surface area contributed by atoms with Crippen LogP contribution in [0, 0.1) is 6.92 Å².